The molecule has 18 heavy (non-hydrogen) atoms. The molecule has 0 amide bonds. The molecule has 0 N–H and O–H groups in total. The van der Waals surface area contributed by atoms with Crippen LogP contribution in [0.2, 0.25) is 0 Å². The summed E-state index contributed by atoms with van der Waals surface area (Å²) in [6.07, 6.45) is 2.49. The van der Waals surface area contributed by atoms with Crippen molar-refractivity contribution < 1.29 is 9.47 Å². The Bertz CT molecular complexity index is 160. The van der Waals surface area contributed by atoms with Gasteiger partial charge in [-0.1, -0.05) is 41.5 Å². The largest absolute Gasteiger partial charge is 0.381 e. The Morgan fingerprint density at radius 1 is 0.889 bits per heavy atom. The molecule has 0 radical (unpaired) electrons. The molecule has 2 heteroatoms. The Balaban J connectivity index is 0. The molecule has 0 saturated carbocycles. The third kappa shape index (κ3) is 8.93. The third-order valence-electron chi connectivity index (χ3n) is 3.37. The van der Waals surface area contributed by atoms with Gasteiger partial charge in [0.1, 0.15) is 0 Å². The summed E-state index contributed by atoms with van der Waals surface area (Å²) >= 11 is 0. The van der Waals surface area contributed by atoms with Gasteiger partial charge in [0.25, 0.3) is 0 Å². The second-order valence-corrected chi connectivity index (χ2v) is 5.11. The Morgan fingerprint density at radius 2 is 1.44 bits per heavy atom. The van der Waals surface area contributed by atoms with Gasteiger partial charge < -0.3 is 9.47 Å². The van der Waals surface area contributed by atoms with Crippen LogP contribution < -0.4 is 0 Å². The summed E-state index contributed by atoms with van der Waals surface area (Å²) in [7, 11) is 0. The van der Waals surface area contributed by atoms with Gasteiger partial charge in [0.05, 0.1) is 5.60 Å². The molecular weight excluding hydrogens is 224 g/mol. The second kappa shape index (κ2) is 12.0. The van der Waals surface area contributed by atoms with Gasteiger partial charge in [0, 0.05) is 19.8 Å². The van der Waals surface area contributed by atoms with Crippen LogP contribution in [0.15, 0.2) is 0 Å². The Hall–Kier alpha value is -0.0800. The number of ether oxygens (including phenoxy) is 2. The minimum Gasteiger partial charge on any atom is -0.381 e. The Morgan fingerprint density at radius 3 is 1.56 bits per heavy atom. The summed E-state index contributed by atoms with van der Waals surface area (Å²) in [6.45, 7) is 19.7. The maximum absolute atomic E-state index is 5.45. The van der Waals surface area contributed by atoms with Crippen LogP contribution >= 0.6 is 0 Å². The molecule has 0 aromatic carbocycles. The van der Waals surface area contributed by atoms with Gasteiger partial charge in [0.15, 0.2) is 0 Å². The molecule has 0 aliphatic carbocycles. The van der Waals surface area contributed by atoms with Gasteiger partial charge >= 0.3 is 0 Å². The van der Waals surface area contributed by atoms with Gasteiger partial charge in [-0.3, -0.25) is 0 Å². The molecular formula is C16H36O2. The molecule has 2 fully saturated rings. The number of rotatable bonds is 0. The minimum atomic E-state index is 0.153. The highest BCUT2D eigenvalue weighted by molar-refractivity contribution is 4.80. The fraction of sp³-hybridized carbons (Fsp3) is 1.00. The van der Waals surface area contributed by atoms with Gasteiger partial charge in [-0.05, 0) is 38.5 Å². The molecule has 2 saturated heterocycles. The van der Waals surface area contributed by atoms with Crippen molar-refractivity contribution in [2.24, 2.45) is 11.8 Å². The minimum absolute atomic E-state index is 0.153. The maximum atomic E-state index is 5.45. The molecule has 2 unspecified atom stereocenters. The lowest BCUT2D eigenvalue weighted by atomic mass is 9.93. The van der Waals surface area contributed by atoms with Crippen LogP contribution in [0.4, 0.5) is 0 Å². The predicted molar refractivity (Wildman–Crippen MR) is 81.1 cm³/mol. The van der Waals surface area contributed by atoms with E-state index in [1.165, 1.54) is 12.8 Å². The lowest BCUT2D eigenvalue weighted by Gasteiger charge is -2.21. The lowest BCUT2D eigenvalue weighted by Crippen LogP contribution is -2.24. The molecule has 0 aromatic heterocycles. The molecule has 2 rings (SSSR count). The number of hydrogen-bond acceptors (Lipinski definition) is 2. The smallest absolute Gasteiger partial charge is 0.0652 e. The highest BCUT2D eigenvalue weighted by Crippen LogP contribution is 2.30. The molecule has 2 heterocycles. The van der Waals surface area contributed by atoms with E-state index in [2.05, 4.69) is 27.7 Å². The third-order valence-corrected chi connectivity index (χ3v) is 3.37. The zero-order valence-electron chi connectivity index (χ0n) is 14.0. The van der Waals surface area contributed by atoms with Crippen LogP contribution in [-0.2, 0) is 9.47 Å². The van der Waals surface area contributed by atoms with Crippen LogP contribution in [0.1, 0.15) is 68.2 Å². The summed E-state index contributed by atoms with van der Waals surface area (Å²) in [4.78, 5) is 0. The van der Waals surface area contributed by atoms with Crippen molar-refractivity contribution in [3.63, 3.8) is 0 Å². The van der Waals surface area contributed by atoms with Crippen LogP contribution in [0.3, 0.4) is 0 Å². The highest BCUT2D eigenvalue weighted by atomic mass is 16.5. The standard InChI is InChI=1S/C7H14O.C5H10O.2C2H6/c1-6-4-5-8-7(6,2)3;1-5-2-3-6-4-5;2*1-2/h6H,4-5H2,1-3H3;5H,2-4H2,1H3;2*1-2H3. The van der Waals surface area contributed by atoms with Crippen LogP contribution in [0, 0.1) is 11.8 Å². The van der Waals surface area contributed by atoms with Crippen LogP contribution in [-0.4, -0.2) is 25.4 Å². The molecule has 2 atom stereocenters. The average molecular weight is 260 g/mol. The second-order valence-electron chi connectivity index (χ2n) is 5.11. The van der Waals surface area contributed by atoms with E-state index in [9.17, 15) is 0 Å². The molecule has 0 aromatic rings. The summed E-state index contributed by atoms with van der Waals surface area (Å²) in [6, 6.07) is 0. The van der Waals surface area contributed by atoms with Crippen LogP contribution in [0.25, 0.3) is 0 Å². The van der Waals surface area contributed by atoms with E-state index in [4.69, 9.17) is 9.47 Å². The van der Waals surface area contributed by atoms with E-state index in [1.54, 1.807) is 0 Å². The van der Waals surface area contributed by atoms with Gasteiger partial charge in [-0.15, -0.1) is 0 Å². The van der Waals surface area contributed by atoms with E-state index in [-0.39, 0.29) is 5.60 Å². The first kappa shape index (κ1) is 20.2. The van der Waals surface area contributed by atoms with E-state index >= 15 is 0 Å². The van der Waals surface area contributed by atoms with Crippen molar-refractivity contribution in [3.05, 3.63) is 0 Å². The first-order chi connectivity index (χ1) is 8.52. The van der Waals surface area contributed by atoms with Crippen molar-refractivity contribution >= 4 is 0 Å². The van der Waals surface area contributed by atoms with Gasteiger partial charge in [-0.2, -0.15) is 0 Å². The van der Waals surface area contributed by atoms with Crippen LogP contribution in [0.5, 0.6) is 0 Å². The first-order valence-corrected chi connectivity index (χ1v) is 7.74. The maximum Gasteiger partial charge on any atom is 0.0652 e. The van der Waals surface area contributed by atoms with Crippen molar-refractivity contribution in [1.82, 2.24) is 0 Å². The summed E-state index contributed by atoms with van der Waals surface area (Å²) < 4.78 is 10.5. The molecule has 2 nitrogen and oxygen atoms in total. The fourth-order valence-corrected chi connectivity index (χ4v) is 1.64. The lowest BCUT2D eigenvalue weighted by molar-refractivity contribution is 0.0153. The molecule has 112 valence electrons. The van der Waals surface area contributed by atoms with Gasteiger partial charge in [-0.25, -0.2) is 0 Å². The topological polar surface area (TPSA) is 18.5 Å². The van der Waals surface area contributed by atoms with E-state index in [0.717, 1.165) is 31.7 Å². The van der Waals surface area contributed by atoms with Crippen molar-refractivity contribution in [1.29, 1.82) is 0 Å². The van der Waals surface area contributed by atoms with Gasteiger partial charge in [0.2, 0.25) is 0 Å². The first-order valence-electron chi connectivity index (χ1n) is 7.74. The van der Waals surface area contributed by atoms with Crippen molar-refractivity contribution in [3.8, 4) is 0 Å². The monoisotopic (exact) mass is 260 g/mol. The zero-order valence-corrected chi connectivity index (χ0v) is 14.0. The molecule has 2 aliphatic rings. The normalized spacial score (nSPS) is 28.0. The highest BCUT2D eigenvalue weighted by Gasteiger charge is 2.31. The summed E-state index contributed by atoms with van der Waals surface area (Å²) in [5, 5.41) is 0. The van der Waals surface area contributed by atoms with E-state index in [0.29, 0.717) is 0 Å². The zero-order chi connectivity index (χ0) is 14.6. The molecule has 2 aliphatic heterocycles. The van der Waals surface area contributed by atoms with Crippen molar-refractivity contribution in [2.45, 2.75) is 73.8 Å². The predicted octanol–water partition coefficient (Wildman–Crippen LogP) is 4.92. The van der Waals surface area contributed by atoms with E-state index < -0.39 is 0 Å². The number of hydrogen-bond donors (Lipinski definition) is 0. The summed E-state index contributed by atoms with van der Waals surface area (Å²) in [5.74, 6) is 1.56. The molecule has 0 bridgehead atoms. The Kier molecular flexibility index (Phi) is 13.5. The average Bonchev–Trinajstić information content (AvgIpc) is 2.96. The quantitative estimate of drug-likeness (QED) is 0.615. The van der Waals surface area contributed by atoms with Crippen molar-refractivity contribution in [2.75, 3.05) is 19.8 Å². The fourth-order valence-electron chi connectivity index (χ4n) is 1.64. The summed E-state index contributed by atoms with van der Waals surface area (Å²) in [5.41, 5.74) is 0.153. The Labute approximate surface area is 115 Å². The molecule has 0 spiro atoms. The SMILES string of the molecule is CC.CC.CC1CCOC1.CC1CCOC1(C)C. The van der Waals surface area contributed by atoms with E-state index in [1.807, 2.05) is 27.7 Å².